The van der Waals surface area contributed by atoms with Crippen LogP contribution in [0.15, 0.2) is 0 Å². The standard InChI is InChI=1S/C17H26O7/c18-16-5-14(9-22-16)8-20-6-12-1-3-13(4-2-12)7-21-10-15-11-23-17(19)24-15/h12-15H,1-11H2. The Balaban J connectivity index is 1.21. The summed E-state index contributed by atoms with van der Waals surface area (Å²) in [5, 5.41) is 0. The first kappa shape index (κ1) is 17.5. The van der Waals surface area contributed by atoms with Gasteiger partial charge in [-0.3, -0.25) is 4.79 Å². The van der Waals surface area contributed by atoms with E-state index in [1.165, 1.54) is 0 Å². The highest BCUT2D eigenvalue weighted by Gasteiger charge is 2.27. The van der Waals surface area contributed by atoms with Gasteiger partial charge >= 0.3 is 12.1 Å². The van der Waals surface area contributed by atoms with Crippen LogP contribution >= 0.6 is 0 Å². The number of rotatable bonds is 8. The minimum Gasteiger partial charge on any atom is -0.465 e. The molecular weight excluding hydrogens is 316 g/mol. The molecule has 2 heterocycles. The van der Waals surface area contributed by atoms with E-state index in [1.54, 1.807) is 0 Å². The van der Waals surface area contributed by atoms with Gasteiger partial charge in [-0.2, -0.15) is 0 Å². The molecule has 0 aromatic carbocycles. The van der Waals surface area contributed by atoms with Crippen LogP contribution in [0.4, 0.5) is 4.79 Å². The Kier molecular flexibility index (Phi) is 6.31. The second kappa shape index (κ2) is 8.67. The average Bonchev–Trinajstić information content (AvgIpc) is 3.17. The zero-order valence-corrected chi connectivity index (χ0v) is 13.9. The van der Waals surface area contributed by atoms with Crippen LogP contribution in [-0.4, -0.2) is 57.9 Å². The van der Waals surface area contributed by atoms with Crippen molar-refractivity contribution in [3.8, 4) is 0 Å². The van der Waals surface area contributed by atoms with Crippen LogP contribution < -0.4 is 0 Å². The van der Waals surface area contributed by atoms with Crippen molar-refractivity contribution >= 4 is 12.1 Å². The third kappa shape index (κ3) is 5.34. The average molecular weight is 342 g/mol. The van der Waals surface area contributed by atoms with E-state index in [1.807, 2.05) is 0 Å². The monoisotopic (exact) mass is 342 g/mol. The summed E-state index contributed by atoms with van der Waals surface area (Å²) < 4.78 is 26.0. The summed E-state index contributed by atoms with van der Waals surface area (Å²) in [5.74, 6) is 1.29. The van der Waals surface area contributed by atoms with Gasteiger partial charge in [-0.15, -0.1) is 0 Å². The third-order valence-electron chi connectivity index (χ3n) is 4.92. The highest BCUT2D eigenvalue weighted by molar-refractivity contribution is 5.71. The predicted octanol–water partition coefficient (Wildman–Crippen LogP) is 1.92. The first-order valence-electron chi connectivity index (χ1n) is 8.83. The number of hydrogen-bond donors (Lipinski definition) is 0. The molecule has 0 N–H and O–H groups in total. The Labute approximate surface area is 141 Å². The second-order valence-corrected chi connectivity index (χ2v) is 7.02. The van der Waals surface area contributed by atoms with Crippen molar-refractivity contribution in [3.63, 3.8) is 0 Å². The largest absolute Gasteiger partial charge is 0.508 e. The minimum atomic E-state index is -0.599. The van der Waals surface area contributed by atoms with E-state index in [0.29, 0.717) is 51.3 Å². The summed E-state index contributed by atoms with van der Waals surface area (Å²) >= 11 is 0. The maximum absolute atomic E-state index is 11.0. The molecule has 3 aliphatic rings. The molecule has 2 atom stereocenters. The van der Waals surface area contributed by atoms with Gasteiger partial charge in [-0.1, -0.05) is 0 Å². The molecular formula is C17H26O7. The lowest BCUT2D eigenvalue weighted by Gasteiger charge is -2.28. The van der Waals surface area contributed by atoms with Crippen molar-refractivity contribution in [1.82, 2.24) is 0 Å². The van der Waals surface area contributed by atoms with Crippen LogP contribution in [0, 0.1) is 17.8 Å². The van der Waals surface area contributed by atoms with Gasteiger partial charge in [0.15, 0.2) is 6.10 Å². The molecule has 7 heteroatoms. The van der Waals surface area contributed by atoms with E-state index >= 15 is 0 Å². The van der Waals surface area contributed by atoms with Crippen LogP contribution in [0.1, 0.15) is 32.1 Å². The molecule has 3 rings (SSSR count). The van der Waals surface area contributed by atoms with Gasteiger partial charge in [0.1, 0.15) is 6.61 Å². The van der Waals surface area contributed by atoms with Crippen molar-refractivity contribution in [2.45, 2.75) is 38.2 Å². The molecule has 1 aliphatic carbocycles. The summed E-state index contributed by atoms with van der Waals surface area (Å²) in [4.78, 5) is 21.8. The van der Waals surface area contributed by atoms with Crippen LogP contribution in [0.25, 0.3) is 0 Å². The lowest BCUT2D eigenvalue weighted by Crippen LogP contribution is -2.25. The number of carbonyl (C=O) groups excluding carboxylic acids is 2. The summed E-state index contributed by atoms with van der Waals surface area (Å²) in [6, 6.07) is 0. The first-order valence-corrected chi connectivity index (χ1v) is 8.83. The van der Waals surface area contributed by atoms with Gasteiger partial charge in [0.05, 0.1) is 26.2 Å². The second-order valence-electron chi connectivity index (χ2n) is 7.02. The van der Waals surface area contributed by atoms with Crippen LogP contribution in [-0.2, 0) is 28.5 Å². The Morgan fingerprint density at radius 2 is 1.42 bits per heavy atom. The minimum absolute atomic E-state index is 0.108. The molecule has 0 radical (unpaired) electrons. The Hall–Kier alpha value is -1.34. The molecule has 24 heavy (non-hydrogen) atoms. The van der Waals surface area contributed by atoms with E-state index in [2.05, 4.69) is 0 Å². The van der Waals surface area contributed by atoms with Gasteiger partial charge < -0.3 is 23.7 Å². The number of carbonyl (C=O) groups is 2. The maximum Gasteiger partial charge on any atom is 0.508 e. The summed E-state index contributed by atoms with van der Waals surface area (Å²) in [7, 11) is 0. The fourth-order valence-corrected chi connectivity index (χ4v) is 3.45. The van der Waals surface area contributed by atoms with Crippen LogP contribution in [0.2, 0.25) is 0 Å². The lowest BCUT2D eigenvalue weighted by atomic mass is 9.83. The summed E-state index contributed by atoms with van der Waals surface area (Å²) in [6.07, 6.45) is 4.21. The highest BCUT2D eigenvalue weighted by atomic mass is 16.8. The van der Waals surface area contributed by atoms with Crippen molar-refractivity contribution in [1.29, 1.82) is 0 Å². The molecule has 1 saturated carbocycles. The SMILES string of the molecule is O=C1CC(COCC2CCC(COCC3COC(=O)O3)CC2)CO1. The summed E-state index contributed by atoms with van der Waals surface area (Å²) in [6.45, 7) is 3.31. The van der Waals surface area contributed by atoms with Crippen LogP contribution in [0.3, 0.4) is 0 Å². The van der Waals surface area contributed by atoms with Gasteiger partial charge in [-0.25, -0.2) is 4.79 Å². The zero-order chi connectivity index (χ0) is 16.8. The predicted molar refractivity (Wildman–Crippen MR) is 82.4 cm³/mol. The molecule has 136 valence electrons. The zero-order valence-electron chi connectivity index (χ0n) is 13.9. The fraction of sp³-hybridized carbons (Fsp3) is 0.882. The Morgan fingerprint density at radius 3 is 1.96 bits per heavy atom. The van der Waals surface area contributed by atoms with Crippen molar-refractivity contribution in [2.24, 2.45) is 17.8 Å². The molecule has 2 unspecified atom stereocenters. The van der Waals surface area contributed by atoms with Crippen molar-refractivity contribution in [2.75, 3.05) is 39.6 Å². The molecule has 7 nitrogen and oxygen atoms in total. The van der Waals surface area contributed by atoms with Gasteiger partial charge in [0, 0.05) is 19.1 Å². The van der Waals surface area contributed by atoms with Crippen LogP contribution in [0.5, 0.6) is 0 Å². The number of cyclic esters (lactones) is 3. The normalized spacial score (nSPS) is 33.2. The molecule has 0 spiro atoms. The molecule has 0 aromatic rings. The lowest BCUT2D eigenvalue weighted by molar-refractivity contribution is -0.137. The van der Waals surface area contributed by atoms with Gasteiger partial charge in [-0.05, 0) is 37.5 Å². The Morgan fingerprint density at radius 1 is 0.792 bits per heavy atom. The topological polar surface area (TPSA) is 80.3 Å². The molecule has 0 aromatic heterocycles. The molecule has 0 amide bonds. The van der Waals surface area contributed by atoms with E-state index in [9.17, 15) is 9.59 Å². The van der Waals surface area contributed by atoms with Crippen molar-refractivity contribution < 1.29 is 33.3 Å². The van der Waals surface area contributed by atoms with Gasteiger partial charge in [0.25, 0.3) is 0 Å². The number of esters is 1. The third-order valence-corrected chi connectivity index (χ3v) is 4.92. The molecule has 2 aliphatic heterocycles. The van der Waals surface area contributed by atoms with E-state index in [0.717, 1.165) is 32.3 Å². The smallest absolute Gasteiger partial charge is 0.465 e. The van der Waals surface area contributed by atoms with E-state index in [4.69, 9.17) is 23.7 Å². The highest BCUT2D eigenvalue weighted by Crippen LogP contribution is 2.29. The first-order chi connectivity index (χ1) is 11.7. The summed E-state index contributed by atoms with van der Waals surface area (Å²) in [5.41, 5.74) is 0. The Bertz CT molecular complexity index is 391. The van der Waals surface area contributed by atoms with Gasteiger partial charge in [0.2, 0.25) is 0 Å². The quantitative estimate of drug-likeness (QED) is 0.623. The molecule has 2 saturated heterocycles. The molecule has 3 fully saturated rings. The fourth-order valence-electron chi connectivity index (χ4n) is 3.45. The van der Waals surface area contributed by atoms with Crippen molar-refractivity contribution in [3.05, 3.63) is 0 Å². The van der Waals surface area contributed by atoms with E-state index in [-0.39, 0.29) is 18.0 Å². The number of ether oxygens (including phenoxy) is 5. The maximum atomic E-state index is 11.0. The number of hydrogen-bond acceptors (Lipinski definition) is 7. The van der Waals surface area contributed by atoms with E-state index < -0.39 is 6.16 Å². The molecule has 0 bridgehead atoms.